The van der Waals surface area contributed by atoms with E-state index in [1.807, 2.05) is 18.2 Å². The summed E-state index contributed by atoms with van der Waals surface area (Å²) in [5.74, 6) is 0. The zero-order valence-corrected chi connectivity index (χ0v) is 15.3. The molecule has 1 N–H and O–H groups in total. The fourth-order valence-electron chi connectivity index (χ4n) is 3.04. The van der Waals surface area contributed by atoms with Crippen LogP contribution in [0.15, 0.2) is 78.9 Å². The quantitative estimate of drug-likeness (QED) is 0.571. The van der Waals surface area contributed by atoms with Gasteiger partial charge in [-0.1, -0.05) is 78.3 Å². The Hall–Kier alpha value is -2.09. The normalized spacial score (nSPS) is 12.1. The van der Waals surface area contributed by atoms with Gasteiger partial charge in [0.1, 0.15) is 0 Å². The molecule has 0 aliphatic rings. The van der Waals surface area contributed by atoms with Gasteiger partial charge in [-0.15, -0.1) is 0 Å². The van der Waals surface area contributed by atoms with E-state index in [9.17, 15) is 0 Å². The van der Waals surface area contributed by atoms with Gasteiger partial charge < -0.3 is 5.32 Å². The first-order chi connectivity index (χ1) is 12.2. The smallest absolute Gasteiger partial charge is 0.0408 e. The second-order valence-corrected chi connectivity index (χ2v) is 6.94. The maximum absolute atomic E-state index is 6.03. The Kier molecular flexibility index (Phi) is 6.27. The fourth-order valence-corrected chi connectivity index (χ4v) is 3.26. The second-order valence-electron chi connectivity index (χ2n) is 6.50. The van der Waals surface area contributed by atoms with Crippen molar-refractivity contribution in [3.8, 4) is 11.1 Å². The molecule has 0 heterocycles. The Morgan fingerprint density at radius 3 is 2.24 bits per heavy atom. The minimum atomic E-state index is 0.446. The minimum Gasteiger partial charge on any atom is -0.314 e. The van der Waals surface area contributed by atoms with E-state index >= 15 is 0 Å². The average molecular weight is 350 g/mol. The van der Waals surface area contributed by atoms with Crippen LogP contribution in [0, 0.1) is 0 Å². The van der Waals surface area contributed by atoms with Crippen molar-refractivity contribution in [3.05, 3.63) is 95.0 Å². The molecule has 3 aromatic rings. The lowest BCUT2D eigenvalue weighted by Gasteiger charge is -2.14. The molecule has 0 aliphatic heterocycles. The molecule has 0 amide bonds. The molecule has 1 atom stereocenters. The van der Waals surface area contributed by atoms with E-state index in [1.54, 1.807) is 0 Å². The number of halogens is 1. The Balaban J connectivity index is 1.48. The zero-order chi connectivity index (χ0) is 17.5. The summed E-state index contributed by atoms with van der Waals surface area (Å²) in [6.07, 6.45) is 2.03. The molecule has 0 fully saturated rings. The molecule has 1 nitrogen and oxygen atoms in total. The molecule has 0 saturated carbocycles. The average Bonchev–Trinajstić information content (AvgIpc) is 2.63. The van der Waals surface area contributed by atoms with Crippen molar-refractivity contribution in [1.29, 1.82) is 0 Å². The van der Waals surface area contributed by atoms with Crippen molar-refractivity contribution in [2.24, 2.45) is 0 Å². The number of rotatable bonds is 7. The second kappa shape index (κ2) is 8.84. The molecule has 25 heavy (non-hydrogen) atoms. The van der Waals surface area contributed by atoms with E-state index in [0.29, 0.717) is 6.04 Å². The van der Waals surface area contributed by atoms with Crippen molar-refractivity contribution in [2.75, 3.05) is 6.54 Å². The SMILES string of the molecule is CC(Cc1ccc(-c2ccccc2)cc1)NCCc1cccc(Cl)c1. The first kappa shape index (κ1) is 17.7. The van der Waals surface area contributed by atoms with E-state index in [1.165, 1.54) is 22.3 Å². The molecule has 0 aliphatic carbocycles. The molecule has 0 spiro atoms. The lowest BCUT2D eigenvalue weighted by molar-refractivity contribution is 0.548. The summed E-state index contributed by atoms with van der Waals surface area (Å²) < 4.78 is 0. The minimum absolute atomic E-state index is 0.446. The van der Waals surface area contributed by atoms with E-state index in [0.717, 1.165) is 24.4 Å². The molecule has 3 aromatic carbocycles. The van der Waals surface area contributed by atoms with Gasteiger partial charge in [-0.25, -0.2) is 0 Å². The standard InChI is InChI=1S/C23H24ClN/c1-18(25-15-14-19-6-5-9-23(24)17-19)16-20-10-12-22(13-11-20)21-7-3-2-4-8-21/h2-13,17-18,25H,14-16H2,1H3. The first-order valence-electron chi connectivity index (χ1n) is 8.83. The summed E-state index contributed by atoms with van der Waals surface area (Å²) in [7, 11) is 0. The third kappa shape index (κ3) is 5.45. The van der Waals surface area contributed by atoms with Gasteiger partial charge in [-0.05, 0) is 60.7 Å². The van der Waals surface area contributed by atoms with Crippen LogP contribution in [-0.2, 0) is 12.8 Å². The Labute approximate surface area is 155 Å². The number of hydrogen-bond donors (Lipinski definition) is 1. The molecule has 1 unspecified atom stereocenters. The highest BCUT2D eigenvalue weighted by Gasteiger charge is 2.04. The van der Waals surface area contributed by atoms with Gasteiger partial charge in [-0.3, -0.25) is 0 Å². The summed E-state index contributed by atoms with van der Waals surface area (Å²) >= 11 is 6.03. The van der Waals surface area contributed by atoms with Crippen molar-refractivity contribution < 1.29 is 0 Å². The van der Waals surface area contributed by atoms with E-state index in [-0.39, 0.29) is 0 Å². The molecular formula is C23H24ClN. The van der Waals surface area contributed by atoms with Crippen LogP contribution < -0.4 is 5.32 Å². The predicted molar refractivity (Wildman–Crippen MR) is 108 cm³/mol. The van der Waals surface area contributed by atoms with E-state index < -0.39 is 0 Å². The van der Waals surface area contributed by atoms with Crippen LogP contribution in [0.2, 0.25) is 5.02 Å². The topological polar surface area (TPSA) is 12.0 Å². The molecule has 2 heteroatoms. The van der Waals surface area contributed by atoms with Crippen LogP contribution in [0.5, 0.6) is 0 Å². The Bertz CT molecular complexity index is 781. The summed E-state index contributed by atoms with van der Waals surface area (Å²) in [5, 5.41) is 4.41. The number of nitrogens with one attached hydrogen (secondary N) is 1. The van der Waals surface area contributed by atoms with Crippen LogP contribution in [0.3, 0.4) is 0 Å². The molecule has 3 rings (SSSR count). The van der Waals surface area contributed by atoms with Gasteiger partial charge in [0.05, 0.1) is 0 Å². The highest BCUT2D eigenvalue weighted by molar-refractivity contribution is 6.30. The third-order valence-corrected chi connectivity index (χ3v) is 4.63. The molecular weight excluding hydrogens is 326 g/mol. The molecule has 128 valence electrons. The Morgan fingerprint density at radius 1 is 0.800 bits per heavy atom. The molecule has 0 saturated heterocycles. The van der Waals surface area contributed by atoms with Gasteiger partial charge >= 0.3 is 0 Å². The summed E-state index contributed by atoms with van der Waals surface area (Å²) in [6.45, 7) is 3.20. The molecule has 0 bridgehead atoms. The monoisotopic (exact) mass is 349 g/mol. The van der Waals surface area contributed by atoms with Crippen molar-refractivity contribution >= 4 is 11.6 Å². The van der Waals surface area contributed by atoms with Gasteiger partial charge in [0.15, 0.2) is 0 Å². The van der Waals surface area contributed by atoms with Crippen molar-refractivity contribution in [2.45, 2.75) is 25.8 Å². The van der Waals surface area contributed by atoms with Gasteiger partial charge in [-0.2, -0.15) is 0 Å². The van der Waals surface area contributed by atoms with Gasteiger partial charge in [0, 0.05) is 11.1 Å². The number of benzene rings is 3. The van der Waals surface area contributed by atoms with Crippen molar-refractivity contribution in [1.82, 2.24) is 5.32 Å². The lowest BCUT2D eigenvalue weighted by Crippen LogP contribution is -2.29. The summed E-state index contributed by atoms with van der Waals surface area (Å²) in [5.41, 5.74) is 5.18. The maximum Gasteiger partial charge on any atom is 0.0408 e. The largest absolute Gasteiger partial charge is 0.314 e. The van der Waals surface area contributed by atoms with Crippen LogP contribution in [0.4, 0.5) is 0 Å². The molecule has 0 radical (unpaired) electrons. The van der Waals surface area contributed by atoms with Gasteiger partial charge in [0.2, 0.25) is 0 Å². The summed E-state index contributed by atoms with van der Waals surface area (Å²) in [4.78, 5) is 0. The number of hydrogen-bond acceptors (Lipinski definition) is 1. The van der Waals surface area contributed by atoms with E-state index in [4.69, 9.17) is 11.6 Å². The fraction of sp³-hybridized carbons (Fsp3) is 0.217. The predicted octanol–water partition coefficient (Wildman–Crippen LogP) is 5.77. The lowest BCUT2D eigenvalue weighted by atomic mass is 10.0. The highest BCUT2D eigenvalue weighted by atomic mass is 35.5. The van der Waals surface area contributed by atoms with Crippen LogP contribution in [0.1, 0.15) is 18.1 Å². The Morgan fingerprint density at radius 2 is 1.52 bits per heavy atom. The summed E-state index contributed by atoms with van der Waals surface area (Å²) in [6, 6.07) is 27.9. The first-order valence-corrected chi connectivity index (χ1v) is 9.21. The van der Waals surface area contributed by atoms with Crippen LogP contribution in [0.25, 0.3) is 11.1 Å². The van der Waals surface area contributed by atoms with Gasteiger partial charge in [0.25, 0.3) is 0 Å². The third-order valence-electron chi connectivity index (χ3n) is 4.40. The van der Waals surface area contributed by atoms with Crippen LogP contribution in [-0.4, -0.2) is 12.6 Å². The van der Waals surface area contributed by atoms with E-state index in [2.05, 4.69) is 72.9 Å². The zero-order valence-electron chi connectivity index (χ0n) is 14.6. The maximum atomic E-state index is 6.03. The highest BCUT2D eigenvalue weighted by Crippen LogP contribution is 2.19. The van der Waals surface area contributed by atoms with Crippen molar-refractivity contribution in [3.63, 3.8) is 0 Å². The van der Waals surface area contributed by atoms with Crippen LogP contribution >= 0.6 is 11.6 Å². The molecule has 0 aromatic heterocycles.